The van der Waals surface area contributed by atoms with Crippen LogP contribution in [0.2, 0.25) is 0 Å². The summed E-state index contributed by atoms with van der Waals surface area (Å²) in [6.45, 7) is 2.04. The van der Waals surface area contributed by atoms with Crippen molar-refractivity contribution in [2.75, 3.05) is 0 Å². The van der Waals surface area contributed by atoms with Gasteiger partial charge in [-0.05, 0) is 36.1 Å². The molecule has 0 spiro atoms. The van der Waals surface area contributed by atoms with Crippen molar-refractivity contribution in [3.8, 4) is 11.1 Å². The van der Waals surface area contributed by atoms with Gasteiger partial charge in [-0.3, -0.25) is 0 Å². The maximum absolute atomic E-state index is 12.5. The van der Waals surface area contributed by atoms with Crippen LogP contribution in [0.5, 0.6) is 0 Å². The highest BCUT2D eigenvalue weighted by Gasteiger charge is 2.02. The van der Waals surface area contributed by atoms with Gasteiger partial charge < -0.3 is 0 Å². The summed E-state index contributed by atoms with van der Waals surface area (Å²) in [5.74, 6) is -0.434. The van der Waals surface area contributed by atoms with E-state index in [4.69, 9.17) is 0 Å². The van der Waals surface area contributed by atoms with E-state index in [1.54, 1.807) is 23.6 Å². The third-order valence-electron chi connectivity index (χ3n) is 1.90. The Hall–Kier alpha value is -1.22. The molecule has 0 aliphatic carbocycles. The molecule has 0 fully saturated rings. The molecule has 2 aromatic rings. The number of hydrogen-bond acceptors (Lipinski definition) is 2. The van der Waals surface area contributed by atoms with Gasteiger partial charge in [0.05, 0.1) is 0 Å². The first-order valence-electron chi connectivity index (χ1n) is 3.93. The smallest absolute Gasteiger partial charge is 0.212 e. The van der Waals surface area contributed by atoms with Crippen LogP contribution in [0, 0.1) is 12.9 Å². The van der Waals surface area contributed by atoms with Gasteiger partial charge in [0, 0.05) is 16.6 Å². The third kappa shape index (κ3) is 1.60. The molecule has 13 heavy (non-hydrogen) atoms. The SMILES string of the molecule is Cc1sccc1-c1ccc(F)nc1. The summed E-state index contributed by atoms with van der Waals surface area (Å²) >= 11 is 1.68. The molecule has 0 aromatic carbocycles. The molecular formula is C10H8FNS. The van der Waals surface area contributed by atoms with E-state index in [0.717, 1.165) is 11.1 Å². The second-order valence-electron chi connectivity index (χ2n) is 2.76. The van der Waals surface area contributed by atoms with Gasteiger partial charge in [0.1, 0.15) is 0 Å². The Kier molecular flexibility index (Phi) is 2.10. The van der Waals surface area contributed by atoms with Crippen molar-refractivity contribution in [2.45, 2.75) is 6.92 Å². The number of aryl methyl sites for hydroxylation is 1. The summed E-state index contributed by atoms with van der Waals surface area (Å²) in [5, 5.41) is 2.02. The lowest BCUT2D eigenvalue weighted by atomic mass is 10.1. The van der Waals surface area contributed by atoms with Crippen LogP contribution >= 0.6 is 11.3 Å². The van der Waals surface area contributed by atoms with Gasteiger partial charge in [0.15, 0.2) is 0 Å². The van der Waals surface area contributed by atoms with Gasteiger partial charge in [-0.15, -0.1) is 11.3 Å². The zero-order chi connectivity index (χ0) is 9.26. The Labute approximate surface area is 79.9 Å². The van der Waals surface area contributed by atoms with Crippen LogP contribution in [0.1, 0.15) is 4.88 Å². The summed E-state index contributed by atoms with van der Waals surface area (Å²) in [5.41, 5.74) is 2.11. The number of hydrogen-bond donors (Lipinski definition) is 0. The minimum atomic E-state index is -0.434. The van der Waals surface area contributed by atoms with Crippen LogP contribution in [0.25, 0.3) is 11.1 Å². The highest BCUT2D eigenvalue weighted by Crippen LogP contribution is 2.26. The minimum Gasteiger partial charge on any atom is -0.228 e. The second-order valence-corrected chi connectivity index (χ2v) is 3.88. The molecule has 2 rings (SSSR count). The predicted molar refractivity (Wildman–Crippen MR) is 52.2 cm³/mol. The molecular weight excluding hydrogens is 185 g/mol. The highest BCUT2D eigenvalue weighted by molar-refractivity contribution is 7.10. The molecule has 3 heteroatoms. The minimum absolute atomic E-state index is 0.434. The Bertz CT molecular complexity index is 405. The second kappa shape index (κ2) is 3.26. The molecule has 2 heterocycles. The van der Waals surface area contributed by atoms with E-state index in [9.17, 15) is 4.39 Å². The molecule has 66 valence electrons. The fraction of sp³-hybridized carbons (Fsp3) is 0.100. The zero-order valence-electron chi connectivity index (χ0n) is 7.12. The first kappa shape index (κ1) is 8.38. The van der Waals surface area contributed by atoms with Gasteiger partial charge in [-0.2, -0.15) is 4.39 Å². The quantitative estimate of drug-likeness (QED) is 0.633. The summed E-state index contributed by atoms with van der Waals surface area (Å²) in [4.78, 5) is 4.84. The molecule has 0 bridgehead atoms. The van der Waals surface area contributed by atoms with Gasteiger partial charge in [0.25, 0.3) is 0 Å². The average molecular weight is 193 g/mol. The molecule has 1 nitrogen and oxygen atoms in total. The number of aromatic nitrogens is 1. The third-order valence-corrected chi connectivity index (χ3v) is 2.74. The van der Waals surface area contributed by atoms with E-state index in [2.05, 4.69) is 4.98 Å². The zero-order valence-corrected chi connectivity index (χ0v) is 7.94. The molecule has 0 aliphatic rings. The van der Waals surface area contributed by atoms with Gasteiger partial charge in [-0.1, -0.05) is 0 Å². The predicted octanol–water partition coefficient (Wildman–Crippen LogP) is 3.26. The molecule has 0 radical (unpaired) electrons. The van der Waals surface area contributed by atoms with E-state index >= 15 is 0 Å². The normalized spacial score (nSPS) is 10.3. The van der Waals surface area contributed by atoms with Crippen LogP contribution in [0.4, 0.5) is 4.39 Å². The number of halogens is 1. The van der Waals surface area contributed by atoms with E-state index < -0.39 is 5.95 Å². The van der Waals surface area contributed by atoms with Crippen molar-refractivity contribution < 1.29 is 4.39 Å². The van der Waals surface area contributed by atoms with Crippen molar-refractivity contribution >= 4 is 11.3 Å². The lowest BCUT2D eigenvalue weighted by molar-refractivity contribution is 0.584. The Morgan fingerprint density at radius 2 is 2.15 bits per heavy atom. The molecule has 0 unspecified atom stereocenters. The summed E-state index contributed by atoms with van der Waals surface area (Å²) in [6, 6.07) is 5.15. The summed E-state index contributed by atoms with van der Waals surface area (Å²) in [6.07, 6.45) is 1.56. The van der Waals surface area contributed by atoms with E-state index in [0.29, 0.717) is 0 Å². The Morgan fingerprint density at radius 3 is 2.69 bits per heavy atom. The highest BCUT2D eigenvalue weighted by atomic mass is 32.1. The molecule has 0 saturated heterocycles. The largest absolute Gasteiger partial charge is 0.228 e. The maximum atomic E-state index is 12.5. The van der Waals surface area contributed by atoms with Crippen molar-refractivity contribution in [1.82, 2.24) is 4.98 Å². The van der Waals surface area contributed by atoms with Crippen molar-refractivity contribution in [2.24, 2.45) is 0 Å². The van der Waals surface area contributed by atoms with Crippen LogP contribution in [0.3, 0.4) is 0 Å². The molecule has 0 saturated carbocycles. The first-order chi connectivity index (χ1) is 6.27. The van der Waals surface area contributed by atoms with Crippen LogP contribution in [-0.2, 0) is 0 Å². The average Bonchev–Trinajstić information content (AvgIpc) is 2.53. The van der Waals surface area contributed by atoms with E-state index in [-0.39, 0.29) is 0 Å². The number of thiophene rings is 1. The van der Waals surface area contributed by atoms with Gasteiger partial charge >= 0.3 is 0 Å². The van der Waals surface area contributed by atoms with Crippen LogP contribution in [-0.4, -0.2) is 4.98 Å². The standard InChI is InChI=1S/C10H8FNS/c1-7-9(4-5-13-7)8-2-3-10(11)12-6-8/h2-6H,1H3. The monoisotopic (exact) mass is 193 g/mol. The van der Waals surface area contributed by atoms with Crippen molar-refractivity contribution in [3.63, 3.8) is 0 Å². The topological polar surface area (TPSA) is 12.9 Å². The Morgan fingerprint density at radius 1 is 1.31 bits per heavy atom. The molecule has 0 amide bonds. The van der Waals surface area contributed by atoms with E-state index in [1.807, 2.05) is 18.4 Å². The van der Waals surface area contributed by atoms with Gasteiger partial charge in [-0.25, -0.2) is 4.98 Å². The number of pyridine rings is 1. The maximum Gasteiger partial charge on any atom is 0.212 e. The fourth-order valence-corrected chi connectivity index (χ4v) is 1.94. The number of rotatable bonds is 1. The Balaban J connectivity index is 2.47. The summed E-state index contributed by atoms with van der Waals surface area (Å²) < 4.78 is 12.5. The van der Waals surface area contributed by atoms with E-state index in [1.165, 1.54) is 10.9 Å². The fourth-order valence-electron chi connectivity index (χ4n) is 1.22. The van der Waals surface area contributed by atoms with Crippen molar-refractivity contribution in [1.29, 1.82) is 0 Å². The number of nitrogens with zero attached hydrogens (tertiary/aromatic N) is 1. The molecule has 0 aliphatic heterocycles. The van der Waals surface area contributed by atoms with Gasteiger partial charge in [0.2, 0.25) is 5.95 Å². The van der Waals surface area contributed by atoms with Crippen LogP contribution < -0.4 is 0 Å². The molecule has 2 aromatic heterocycles. The lowest BCUT2D eigenvalue weighted by Crippen LogP contribution is -1.82. The molecule has 0 atom stereocenters. The molecule has 0 N–H and O–H groups in total. The summed E-state index contributed by atoms with van der Waals surface area (Å²) in [7, 11) is 0. The first-order valence-corrected chi connectivity index (χ1v) is 4.81. The van der Waals surface area contributed by atoms with Crippen molar-refractivity contribution in [3.05, 3.63) is 40.6 Å². The van der Waals surface area contributed by atoms with Crippen LogP contribution in [0.15, 0.2) is 29.8 Å². The lowest BCUT2D eigenvalue weighted by Gasteiger charge is -1.98.